The molecule has 0 aliphatic heterocycles. The highest BCUT2D eigenvalue weighted by Crippen LogP contribution is 2.29. The van der Waals surface area contributed by atoms with Crippen molar-refractivity contribution >= 4 is 40.8 Å². The van der Waals surface area contributed by atoms with Crippen LogP contribution in [0.15, 0.2) is 24.3 Å². The molecule has 1 aromatic carbocycles. The van der Waals surface area contributed by atoms with E-state index in [9.17, 15) is 0 Å². The first-order valence-electron chi connectivity index (χ1n) is 4.47. The van der Waals surface area contributed by atoms with Crippen molar-refractivity contribution in [3.8, 4) is 11.6 Å². The van der Waals surface area contributed by atoms with Gasteiger partial charge in [-0.1, -0.05) is 34.8 Å². The maximum atomic E-state index is 5.85. The standard InChI is InChI=1S/C10H6Cl3N3O/c11-6-2-1-5(3-7(6)12)17-9-4-8(13)15-10(14)16-9/h1-4H,(H2,14,15,16). The highest BCUT2D eigenvalue weighted by molar-refractivity contribution is 6.42. The van der Waals surface area contributed by atoms with Gasteiger partial charge in [-0.2, -0.15) is 4.98 Å². The molecule has 4 nitrogen and oxygen atoms in total. The molecule has 0 aliphatic carbocycles. The third-order valence-corrected chi connectivity index (χ3v) is 2.73. The monoisotopic (exact) mass is 289 g/mol. The fraction of sp³-hybridized carbons (Fsp3) is 0. The second-order valence-electron chi connectivity index (χ2n) is 3.07. The Morgan fingerprint density at radius 3 is 2.41 bits per heavy atom. The summed E-state index contributed by atoms with van der Waals surface area (Å²) in [5.74, 6) is 0.752. The van der Waals surface area contributed by atoms with E-state index in [4.69, 9.17) is 45.3 Å². The lowest BCUT2D eigenvalue weighted by Crippen LogP contribution is -1.97. The Kier molecular flexibility index (Phi) is 3.57. The van der Waals surface area contributed by atoms with Gasteiger partial charge < -0.3 is 10.5 Å². The minimum absolute atomic E-state index is 0.0348. The molecule has 0 saturated carbocycles. The van der Waals surface area contributed by atoms with Crippen LogP contribution in [0.25, 0.3) is 0 Å². The van der Waals surface area contributed by atoms with Gasteiger partial charge >= 0.3 is 0 Å². The lowest BCUT2D eigenvalue weighted by atomic mass is 10.3. The lowest BCUT2D eigenvalue weighted by Gasteiger charge is -2.06. The maximum Gasteiger partial charge on any atom is 0.225 e. The van der Waals surface area contributed by atoms with Crippen LogP contribution in [0.5, 0.6) is 11.6 Å². The first kappa shape index (κ1) is 12.2. The van der Waals surface area contributed by atoms with Gasteiger partial charge in [0.1, 0.15) is 10.9 Å². The number of nitrogens with zero attached hydrogens (tertiary/aromatic N) is 2. The number of hydrogen-bond acceptors (Lipinski definition) is 4. The number of halogens is 3. The Morgan fingerprint density at radius 1 is 1.00 bits per heavy atom. The fourth-order valence-electron chi connectivity index (χ4n) is 1.13. The molecule has 0 fully saturated rings. The minimum Gasteiger partial charge on any atom is -0.439 e. The van der Waals surface area contributed by atoms with Crippen molar-refractivity contribution in [3.05, 3.63) is 39.5 Å². The SMILES string of the molecule is Nc1nc(Cl)cc(Oc2ccc(Cl)c(Cl)c2)n1. The molecule has 1 heterocycles. The second kappa shape index (κ2) is 4.96. The van der Waals surface area contributed by atoms with Crippen LogP contribution < -0.4 is 10.5 Å². The summed E-state index contributed by atoms with van der Waals surface area (Å²) < 4.78 is 5.42. The molecular weight excluding hydrogens is 284 g/mol. The summed E-state index contributed by atoms with van der Waals surface area (Å²) in [6, 6.07) is 6.28. The Hall–Kier alpha value is -1.23. The number of rotatable bonds is 2. The molecule has 0 aliphatic rings. The molecule has 17 heavy (non-hydrogen) atoms. The Labute approximate surface area is 112 Å². The van der Waals surface area contributed by atoms with Crippen LogP contribution in [0.1, 0.15) is 0 Å². The van der Waals surface area contributed by atoms with Gasteiger partial charge in [0.2, 0.25) is 11.8 Å². The van der Waals surface area contributed by atoms with Crippen molar-refractivity contribution in [2.75, 3.05) is 5.73 Å². The predicted octanol–water partition coefficient (Wildman–Crippen LogP) is 3.81. The van der Waals surface area contributed by atoms with Gasteiger partial charge in [0.25, 0.3) is 0 Å². The summed E-state index contributed by atoms with van der Waals surface area (Å²) >= 11 is 17.3. The zero-order valence-corrected chi connectivity index (χ0v) is 10.6. The van der Waals surface area contributed by atoms with Gasteiger partial charge in [-0.3, -0.25) is 0 Å². The zero-order valence-electron chi connectivity index (χ0n) is 8.32. The number of aromatic nitrogens is 2. The topological polar surface area (TPSA) is 61.0 Å². The predicted molar refractivity (Wildman–Crippen MR) is 68.0 cm³/mol. The van der Waals surface area contributed by atoms with Crippen molar-refractivity contribution in [1.82, 2.24) is 9.97 Å². The molecule has 7 heteroatoms. The van der Waals surface area contributed by atoms with Gasteiger partial charge in [0.15, 0.2) is 0 Å². The quantitative estimate of drug-likeness (QED) is 0.854. The van der Waals surface area contributed by atoms with E-state index in [-0.39, 0.29) is 17.0 Å². The molecule has 0 radical (unpaired) electrons. The maximum absolute atomic E-state index is 5.85. The van der Waals surface area contributed by atoms with Crippen molar-refractivity contribution in [1.29, 1.82) is 0 Å². The summed E-state index contributed by atoms with van der Waals surface area (Å²) in [6.45, 7) is 0. The molecule has 2 N–H and O–H groups in total. The molecule has 88 valence electrons. The summed E-state index contributed by atoms with van der Waals surface area (Å²) in [5.41, 5.74) is 5.43. The Morgan fingerprint density at radius 2 is 1.76 bits per heavy atom. The molecule has 0 spiro atoms. The second-order valence-corrected chi connectivity index (χ2v) is 4.27. The third kappa shape index (κ3) is 3.12. The summed E-state index contributed by atoms with van der Waals surface area (Å²) in [5, 5.41) is 1.03. The van der Waals surface area contributed by atoms with E-state index in [2.05, 4.69) is 9.97 Å². The van der Waals surface area contributed by atoms with Crippen molar-refractivity contribution in [2.24, 2.45) is 0 Å². The smallest absolute Gasteiger partial charge is 0.225 e. The normalized spacial score (nSPS) is 10.3. The number of anilines is 1. The van der Waals surface area contributed by atoms with Gasteiger partial charge in [0, 0.05) is 12.1 Å². The molecule has 1 aromatic heterocycles. The summed E-state index contributed by atoms with van der Waals surface area (Å²) in [6.07, 6.45) is 0. The number of ether oxygens (including phenoxy) is 1. The average Bonchev–Trinajstić information content (AvgIpc) is 2.22. The van der Waals surface area contributed by atoms with E-state index in [1.807, 2.05) is 0 Å². The first-order chi connectivity index (χ1) is 8.04. The van der Waals surface area contributed by atoms with Gasteiger partial charge in [-0.25, -0.2) is 4.98 Å². The Bertz CT molecular complexity index is 542. The molecule has 0 saturated heterocycles. The average molecular weight is 291 g/mol. The van der Waals surface area contributed by atoms with Gasteiger partial charge in [-0.05, 0) is 12.1 Å². The van der Waals surface area contributed by atoms with Gasteiger partial charge in [-0.15, -0.1) is 0 Å². The van der Waals surface area contributed by atoms with E-state index >= 15 is 0 Å². The highest BCUT2D eigenvalue weighted by atomic mass is 35.5. The molecule has 2 rings (SSSR count). The molecule has 0 bridgehead atoms. The summed E-state index contributed by atoms with van der Waals surface area (Å²) in [7, 11) is 0. The molecule has 0 unspecified atom stereocenters. The van der Waals surface area contributed by atoms with E-state index in [1.54, 1.807) is 18.2 Å². The number of hydrogen-bond donors (Lipinski definition) is 1. The van der Waals surface area contributed by atoms with Crippen LogP contribution in [-0.4, -0.2) is 9.97 Å². The molecular formula is C10H6Cl3N3O. The molecule has 0 amide bonds. The highest BCUT2D eigenvalue weighted by Gasteiger charge is 2.05. The van der Waals surface area contributed by atoms with Crippen LogP contribution in [0, 0.1) is 0 Å². The van der Waals surface area contributed by atoms with E-state index < -0.39 is 0 Å². The van der Waals surface area contributed by atoms with Crippen LogP contribution >= 0.6 is 34.8 Å². The van der Waals surface area contributed by atoms with E-state index in [0.717, 1.165) is 0 Å². The van der Waals surface area contributed by atoms with Crippen LogP contribution in [0.3, 0.4) is 0 Å². The van der Waals surface area contributed by atoms with E-state index in [1.165, 1.54) is 6.07 Å². The minimum atomic E-state index is 0.0348. The van der Waals surface area contributed by atoms with Crippen molar-refractivity contribution < 1.29 is 4.74 Å². The van der Waals surface area contributed by atoms with Crippen molar-refractivity contribution in [2.45, 2.75) is 0 Å². The largest absolute Gasteiger partial charge is 0.439 e. The summed E-state index contributed by atoms with van der Waals surface area (Å²) in [4.78, 5) is 7.58. The van der Waals surface area contributed by atoms with Crippen LogP contribution in [0.2, 0.25) is 15.2 Å². The van der Waals surface area contributed by atoms with Crippen LogP contribution in [0.4, 0.5) is 5.95 Å². The zero-order chi connectivity index (χ0) is 12.4. The Balaban J connectivity index is 2.28. The van der Waals surface area contributed by atoms with Gasteiger partial charge in [0.05, 0.1) is 10.0 Å². The number of nitrogens with two attached hydrogens (primary N) is 1. The molecule has 0 atom stereocenters. The first-order valence-corrected chi connectivity index (χ1v) is 5.61. The van der Waals surface area contributed by atoms with E-state index in [0.29, 0.717) is 15.8 Å². The molecule has 2 aromatic rings. The fourth-order valence-corrected chi connectivity index (χ4v) is 1.60. The lowest BCUT2D eigenvalue weighted by molar-refractivity contribution is 0.462. The number of nitrogen functional groups attached to an aromatic ring is 1. The third-order valence-electron chi connectivity index (χ3n) is 1.80. The van der Waals surface area contributed by atoms with Crippen molar-refractivity contribution in [3.63, 3.8) is 0 Å². The number of benzene rings is 1. The van der Waals surface area contributed by atoms with Crippen LogP contribution in [-0.2, 0) is 0 Å².